The molecular formula is C17H23N3O. The largest absolute Gasteiger partial charge is 0.331 e. The average Bonchev–Trinajstić information content (AvgIpc) is 2.84. The molecule has 4 heteroatoms. The Balaban J connectivity index is 1.87. The van der Waals surface area contributed by atoms with E-state index in [2.05, 4.69) is 27.9 Å². The van der Waals surface area contributed by atoms with Crippen LogP contribution in [0.25, 0.3) is 11.0 Å². The van der Waals surface area contributed by atoms with Crippen molar-refractivity contribution in [3.63, 3.8) is 0 Å². The number of aromatic nitrogens is 2. The van der Waals surface area contributed by atoms with Crippen LogP contribution in [-0.4, -0.2) is 28.4 Å². The highest BCUT2D eigenvalue weighted by Gasteiger charge is 2.37. The highest BCUT2D eigenvalue weighted by atomic mass is 16.1. The van der Waals surface area contributed by atoms with E-state index in [9.17, 15) is 4.79 Å². The Kier molecular flexibility index (Phi) is 3.81. The predicted molar refractivity (Wildman–Crippen MR) is 84.3 cm³/mol. The number of fused-ring (bicyclic) bond motifs is 1. The highest BCUT2D eigenvalue weighted by Crippen LogP contribution is 2.34. The van der Waals surface area contributed by atoms with Gasteiger partial charge in [0.15, 0.2) is 0 Å². The first-order valence-electron chi connectivity index (χ1n) is 7.81. The van der Waals surface area contributed by atoms with E-state index < -0.39 is 0 Å². The molecule has 2 heterocycles. The lowest BCUT2D eigenvalue weighted by Gasteiger charge is -2.35. The van der Waals surface area contributed by atoms with Crippen molar-refractivity contribution in [2.24, 2.45) is 12.5 Å². The van der Waals surface area contributed by atoms with Crippen molar-refractivity contribution in [3.05, 3.63) is 30.1 Å². The van der Waals surface area contributed by atoms with E-state index in [4.69, 9.17) is 0 Å². The molecule has 112 valence electrons. The summed E-state index contributed by atoms with van der Waals surface area (Å²) in [6.45, 7) is 4.03. The number of aryl methyl sites for hydroxylation is 1. The van der Waals surface area contributed by atoms with Crippen LogP contribution in [0.1, 0.15) is 32.0 Å². The Morgan fingerprint density at radius 3 is 2.71 bits per heavy atom. The second kappa shape index (κ2) is 5.60. The minimum Gasteiger partial charge on any atom is -0.331 e. The topological polar surface area (TPSA) is 46.9 Å². The SMILES string of the molecule is CCC1(C(=O)Cc2nc3ccccc3n2C)CCNCC1. The summed E-state index contributed by atoms with van der Waals surface area (Å²) in [7, 11) is 2.00. The van der Waals surface area contributed by atoms with Crippen molar-refractivity contribution in [3.8, 4) is 0 Å². The molecule has 3 rings (SSSR count). The molecule has 4 nitrogen and oxygen atoms in total. The van der Waals surface area contributed by atoms with Crippen LogP contribution in [0, 0.1) is 5.41 Å². The van der Waals surface area contributed by atoms with Gasteiger partial charge in [0.2, 0.25) is 0 Å². The Morgan fingerprint density at radius 1 is 1.33 bits per heavy atom. The molecule has 0 unspecified atom stereocenters. The monoisotopic (exact) mass is 285 g/mol. The van der Waals surface area contributed by atoms with Gasteiger partial charge in [-0.3, -0.25) is 4.79 Å². The average molecular weight is 285 g/mol. The number of benzene rings is 1. The van der Waals surface area contributed by atoms with E-state index >= 15 is 0 Å². The van der Waals surface area contributed by atoms with Crippen molar-refractivity contribution >= 4 is 16.8 Å². The van der Waals surface area contributed by atoms with Crippen LogP contribution in [0.4, 0.5) is 0 Å². The highest BCUT2D eigenvalue weighted by molar-refractivity contribution is 5.87. The minimum atomic E-state index is -0.149. The lowest BCUT2D eigenvalue weighted by atomic mass is 9.72. The van der Waals surface area contributed by atoms with Gasteiger partial charge < -0.3 is 9.88 Å². The number of rotatable bonds is 4. The summed E-state index contributed by atoms with van der Waals surface area (Å²) in [6.07, 6.45) is 3.27. The summed E-state index contributed by atoms with van der Waals surface area (Å²) in [4.78, 5) is 17.5. The number of nitrogens with one attached hydrogen (secondary N) is 1. The maximum atomic E-state index is 12.9. The van der Waals surface area contributed by atoms with E-state index in [1.807, 2.05) is 25.2 Å². The maximum Gasteiger partial charge on any atom is 0.146 e. The molecule has 1 aliphatic heterocycles. The number of carbonyl (C=O) groups excluding carboxylic acids is 1. The van der Waals surface area contributed by atoms with Crippen molar-refractivity contribution in [2.75, 3.05) is 13.1 Å². The fourth-order valence-electron chi connectivity index (χ4n) is 3.42. The molecule has 1 fully saturated rings. The normalized spacial score (nSPS) is 18.0. The summed E-state index contributed by atoms with van der Waals surface area (Å²) in [6, 6.07) is 8.05. The molecule has 2 aromatic rings. The number of para-hydroxylation sites is 2. The standard InChI is InChI=1S/C17H23N3O/c1-3-17(8-10-18-11-9-17)15(21)12-16-19-13-6-4-5-7-14(13)20(16)2/h4-7,18H,3,8-12H2,1-2H3. The molecule has 1 aliphatic rings. The second-order valence-corrected chi connectivity index (χ2v) is 6.06. The number of carbonyl (C=O) groups is 1. The quantitative estimate of drug-likeness (QED) is 0.938. The smallest absolute Gasteiger partial charge is 0.146 e. The summed E-state index contributed by atoms with van der Waals surface area (Å²) in [5.74, 6) is 1.23. The first kappa shape index (κ1) is 14.3. The number of imidazole rings is 1. The van der Waals surface area contributed by atoms with E-state index in [1.54, 1.807) is 0 Å². The van der Waals surface area contributed by atoms with Crippen molar-refractivity contribution in [1.29, 1.82) is 0 Å². The number of ketones is 1. The summed E-state index contributed by atoms with van der Waals surface area (Å²) in [5, 5.41) is 3.35. The third-order valence-electron chi connectivity index (χ3n) is 5.03. The molecular weight excluding hydrogens is 262 g/mol. The molecule has 0 bridgehead atoms. The minimum absolute atomic E-state index is 0.149. The van der Waals surface area contributed by atoms with Crippen LogP contribution in [0.3, 0.4) is 0 Å². The zero-order valence-corrected chi connectivity index (χ0v) is 12.9. The van der Waals surface area contributed by atoms with Crippen LogP contribution in [-0.2, 0) is 18.3 Å². The molecule has 1 saturated heterocycles. The molecule has 21 heavy (non-hydrogen) atoms. The molecule has 0 radical (unpaired) electrons. The van der Waals surface area contributed by atoms with Crippen molar-refractivity contribution in [2.45, 2.75) is 32.6 Å². The lowest BCUT2D eigenvalue weighted by molar-refractivity contribution is -0.130. The molecule has 0 spiro atoms. The zero-order valence-electron chi connectivity index (χ0n) is 12.9. The molecule has 0 aliphatic carbocycles. The number of piperidine rings is 1. The second-order valence-electron chi connectivity index (χ2n) is 6.06. The first-order chi connectivity index (χ1) is 10.2. The van der Waals surface area contributed by atoms with Gasteiger partial charge in [0.05, 0.1) is 17.5 Å². The van der Waals surface area contributed by atoms with Crippen LogP contribution in [0.15, 0.2) is 24.3 Å². The van der Waals surface area contributed by atoms with E-state index in [1.165, 1.54) is 0 Å². The van der Waals surface area contributed by atoms with E-state index in [0.29, 0.717) is 12.2 Å². The molecule has 0 atom stereocenters. The van der Waals surface area contributed by atoms with E-state index in [-0.39, 0.29) is 5.41 Å². The molecule has 0 amide bonds. The molecule has 1 N–H and O–H groups in total. The zero-order chi connectivity index (χ0) is 14.9. The predicted octanol–water partition coefficient (Wildman–Crippen LogP) is 2.46. The van der Waals surface area contributed by atoms with Crippen LogP contribution in [0.2, 0.25) is 0 Å². The van der Waals surface area contributed by atoms with Crippen molar-refractivity contribution in [1.82, 2.24) is 14.9 Å². The Morgan fingerprint density at radius 2 is 2.05 bits per heavy atom. The maximum absolute atomic E-state index is 12.9. The lowest BCUT2D eigenvalue weighted by Crippen LogP contribution is -2.42. The van der Waals surface area contributed by atoms with Gasteiger partial charge in [0.1, 0.15) is 11.6 Å². The number of nitrogens with zero attached hydrogens (tertiary/aromatic N) is 2. The number of hydrogen-bond donors (Lipinski definition) is 1. The summed E-state index contributed by atoms with van der Waals surface area (Å²) >= 11 is 0. The summed E-state index contributed by atoms with van der Waals surface area (Å²) in [5.41, 5.74) is 1.92. The number of hydrogen-bond acceptors (Lipinski definition) is 3. The van der Waals surface area contributed by atoms with Gasteiger partial charge in [0.25, 0.3) is 0 Å². The first-order valence-corrected chi connectivity index (χ1v) is 7.81. The fourth-order valence-corrected chi connectivity index (χ4v) is 3.42. The molecule has 1 aromatic heterocycles. The Bertz CT molecular complexity index is 653. The Hall–Kier alpha value is -1.68. The van der Waals surface area contributed by atoms with Gasteiger partial charge >= 0.3 is 0 Å². The van der Waals surface area contributed by atoms with Crippen LogP contribution >= 0.6 is 0 Å². The van der Waals surface area contributed by atoms with Crippen LogP contribution < -0.4 is 5.32 Å². The summed E-state index contributed by atoms with van der Waals surface area (Å²) < 4.78 is 2.05. The van der Waals surface area contributed by atoms with Gasteiger partial charge in [-0.2, -0.15) is 0 Å². The number of Topliss-reactive ketones (excluding diaryl/α,β-unsaturated/α-hetero) is 1. The molecule has 1 aromatic carbocycles. The van der Waals surface area contributed by atoms with E-state index in [0.717, 1.165) is 49.2 Å². The van der Waals surface area contributed by atoms with Gasteiger partial charge in [-0.25, -0.2) is 4.98 Å². The molecule has 0 saturated carbocycles. The van der Waals surface area contributed by atoms with Gasteiger partial charge in [-0.15, -0.1) is 0 Å². The van der Waals surface area contributed by atoms with Crippen LogP contribution in [0.5, 0.6) is 0 Å². The third kappa shape index (κ3) is 2.48. The Labute approximate surface area is 125 Å². The fraction of sp³-hybridized carbons (Fsp3) is 0.529. The van der Waals surface area contributed by atoms with Crippen molar-refractivity contribution < 1.29 is 4.79 Å². The van der Waals surface area contributed by atoms with Gasteiger partial charge in [-0.05, 0) is 44.5 Å². The van der Waals surface area contributed by atoms with Gasteiger partial charge in [-0.1, -0.05) is 19.1 Å². The van der Waals surface area contributed by atoms with Gasteiger partial charge in [0, 0.05) is 12.5 Å². The third-order valence-corrected chi connectivity index (χ3v) is 5.03.